The summed E-state index contributed by atoms with van der Waals surface area (Å²) in [4.78, 5) is 18.7. The fourth-order valence-electron chi connectivity index (χ4n) is 1.73. The molecule has 0 unspecified atom stereocenters. The molecule has 0 aliphatic heterocycles. The van der Waals surface area contributed by atoms with Gasteiger partial charge in [0, 0.05) is 25.0 Å². The highest BCUT2D eigenvalue weighted by Gasteiger charge is 2.14. The van der Waals surface area contributed by atoms with Gasteiger partial charge < -0.3 is 10.6 Å². The van der Waals surface area contributed by atoms with Gasteiger partial charge in [-0.2, -0.15) is 15.0 Å². The monoisotopic (exact) mass is 247 g/mol. The Morgan fingerprint density at radius 2 is 2.11 bits per heavy atom. The molecule has 2 N–H and O–H groups in total. The molecule has 2 aromatic rings. The minimum absolute atomic E-state index is 0.211. The number of imidazole rings is 1. The highest BCUT2D eigenvalue weighted by Crippen LogP contribution is 2.13. The van der Waals surface area contributed by atoms with E-state index in [1.807, 2.05) is 0 Å². The Morgan fingerprint density at radius 1 is 1.33 bits per heavy atom. The van der Waals surface area contributed by atoms with Crippen LogP contribution >= 0.6 is 0 Å². The molecule has 18 heavy (non-hydrogen) atoms. The first-order chi connectivity index (χ1) is 8.61. The average molecular weight is 247 g/mol. The Morgan fingerprint density at radius 3 is 2.67 bits per heavy atom. The molecule has 2 rings (SSSR count). The summed E-state index contributed by atoms with van der Waals surface area (Å²) >= 11 is 0. The predicted octanol–water partition coefficient (Wildman–Crippen LogP) is 0.874. The Kier molecular flexibility index (Phi) is 3.40. The minimum Gasteiger partial charge on any atom is -0.368 e. The molecule has 0 radical (unpaired) electrons. The molecule has 7 heteroatoms. The summed E-state index contributed by atoms with van der Waals surface area (Å²) in [6.07, 6.45) is 5.06. The molecular formula is C11H17N7. The van der Waals surface area contributed by atoms with E-state index in [4.69, 9.17) is 5.73 Å². The van der Waals surface area contributed by atoms with Crippen molar-refractivity contribution < 1.29 is 0 Å². The van der Waals surface area contributed by atoms with Gasteiger partial charge >= 0.3 is 0 Å². The van der Waals surface area contributed by atoms with Crippen molar-refractivity contribution >= 4 is 11.9 Å². The normalized spacial score (nSPS) is 10.9. The highest BCUT2D eigenvalue weighted by molar-refractivity contribution is 5.38. The standard InChI is InChI=1S/C11H17N7/c1-4-18(8(2)3)11-15-9(12)14-10(16-11)17-6-5-13-7-17/h5-8H,4H2,1-3H3,(H2,12,14,15,16). The van der Waals surface area contributed by atoms with E-state index in [-0.39, 0.29) is 5.95 Å². The van der Waals surface area contributed by atoms with Crippen LogP contribution in [0, 0.1) is 0 Å². The number of nitrogen functional groups attached to an aromatic ring is 1. The van der Waals surface area contributed by atoms with Crippen molar-refractivity contribution in [2.24, 2.45) is 0 Å². The van der Waals surface area contributed by atoms with Gasteiger partial charge in [-0.05, 0) is 20.8 Å². The Hall–Kier alpha value is -2.18. The van der Waals surface area contributed by atoms with Gasteiger partial charge in [-0.15, -0.1) is 0 Å². The maximum absolute atomic E-state index is 5.74. The maximum Gasteiger partial charge on any atom is 0.241 e. The van der Waals surface area contributed by atoms with E-state index in [0.717, 1.165) is 6.54 Å². The molecule has 2 heterocycles. The van der Waals surface area contributed by atoms with Crippen LogP contribution in [-0.4, -0.2) is 37.1 Å². The number of anilines is 2. The number of rotatable bonds is 4. The molecule has 0 aliphatic carbocycles. The van der Waals surface area contributed by atoms with Crippen LogP contribution in [0.2, 0.25) is 0 Å². The molecule has 0 bridgehead atoms. The Labute approximate surface area is 106 Å². The second kappa shape index (κ2) is 4.99. The topological polar surface area (TPSA) is 85.8 Å². The van der Waals surface area contributed by atoms with Gasteiger partial charge in [0.1, 0.15) is 6.33 Å². The molecule has 0 aromatic carbocycles. The molecule has 0 fully saturated rings. The van der Waals surface area contributed by atoms with Crippen LogP contribution in [-0.2, 0) is 0 Å². The van der Waals surface area contributed by atoms with Gasteiger partial charge in [0.2, 0.25) is 17.8 Å². The van der Waals surface area contributed by atoms with Gasteiger partial charge in [0.05, 0.1) is 0 Å². The first-order valence-corrected chi connectivity index (χ1v) is 5.88. The highest BCUT2D eigenvalue weighted by atomic mass is 15.3. The molecule has 0 amide bonds. The third-order valence-corrected chi connectivity index (χ3v) is 2.59. The van der Waals surface area contributed by atoms with Gasteiger partial charge in [0.25, 0.3) is 0 Å². The lowest BCUT2D eigenvalue weighted by Crippen LogP contribution is -2.32. The summed E-state index contributed by atoms with van der Waals surface area (Å²) in [6.45, 7) is 7.03. The number of nitrogens with zero attached hydrogens (tertiary/aromatic N) is 6. The first kappa shape index (κ1) is 12.3. The number of aromatic nitrogens is 5. The van der Waals surface area contributed by atoms with Crippen molar-refractivity contribution in [1.82, 2.24) is 24.5 Å². The predicted molar refractivity (Wildman–Crippen MR) is 69.5 cm³/mol. The van der Waals surface area contributed by atoms with Crippen LogP contribution in [0.15, 0.2) is 18.7 Å². The zero-order valence-electron chi connectivity index (χ0n) is 10.8. The molecule has 7 nitrogen and oxygen atoms in total. The lowest BCUT2D eigenvalue weighted by Gasteiger charge is -2.25. The summed E-state index contributed by atoms with van der Waals surface area (Å²) in [5.41, 5.74) is 5.74. The van der Waals surface area contributed by atoms with Crippen molar-refractivity contribution in [3.05, 3.63) is 18.7 Å². The van der Waals surface area contributed by atoms with Crippen LogP contribution in [0.25, 0.3) is 5.95 Å². The molecule has 0 atom stereocenters. The molecule has 0 spiro atoms. The maximum atomic E-state index is 5.74. The van der Waals surface area contributed by atoms with Gasteiger partial charge in [-0.1, -0.05) is 0 Å². The van der Waals surface area contributed by atoms with E-state index < -0.39 is 0 Å². The van der Waals surface area contributed by atoms with Crippen LogP contribution in [0.3, 0.4) is 0 Å². The minimum atomic E-state index is 0.211. The SMILES string of the molecule is CCN(c1nc(N)nc(-n2ccnc2)n1)C(C)C. The van der Waals surface area contributed by atoms with Crippen LogP contribution in [0.5, 0.6) is 0 Å². The summed E-state index contributed by atoms with van der Waals surface area (Å²) < 4.78 is 1.70. The summed E-state index contributed by atoms with van der Waals surface area (Å²) in [6, 6.07) is 0.299. The van der Waals surface area contributed by atoms with E-state index in [2.05, 4.69) is 45.6 Å². The summed E-state index contributed by atoms with van der Waals surface area (Å²) in [5, 5.41) is 0. The number of hydrogen-bond acceptors (Lipinski definition) is 6. The zero-order valence-corrected chi connectivity index (χ0v) is 10.8. The van der Waals surface area contributed by atoms with Gasteiger partial charge in [-0.3, -0.25) is 4.57 Å². The lowest BCUT2D eigenvalue weighted by atomic mass is 10.3. The summed E-state index contributed by atoms with van der Waals surface area (Å²) in [7, 11) is 0. The third kappa shape index (κ3) is 2.39. The van der Waals surface area contributed by atoms with E-state index in [9.17, 15) is 0 Å². The molecule has 0 saturated heterocycles. The first-order valence-electron chi connectivity index (χ1n) is 5.88. The summed E-state index contributed by atoms with van der Waals surface area (Å²) in [5.74, 6) is 1.28. The second-order valence-electron chi connectivity index (χ2n) is 4.14. The molecule has 96 valence electrons. The largest absolute Gasteiger partial charge is 0.368 e. The van der Waals surface area contributed by atoms with E-state index in [0.29, 0.717) is 17.9 Å². The fourth-order valence-corrected chi connectivity index (χ4v) is 1.73. The van der Waals surface area contributed by atoms with Crippen molar-refractivity contribution in [1.29, 1.82) is 0 Å². The Balaban J connectivity index is 2.44. The number of nitrogens with two attached hydrogens (primary N) is 1. The average Bonchev–Trinajstić information content (AvgIpc) is 2.82. The van der Waals surface area contributed by atoms with Crippen molar-refractivity contribution in [3.8, 4) is 5.95 Å². The van der Waals surface area contributed by atoms with Crippen LogP contribution in [0.4, 0.5) is 11.9 Å². The van der Waals surface area contributed by atoms with E-state index >= 15 is 0 Å². The molecule has 0 saturated carbocycles. The zero-order chi connectivity index (χ0) is 13.1. The molecule has 2 aromatic heterocycles. The van der Waals surface area contributed by atoms with Gasteiger partial charge in [0.15, 0.2) is 0 Å². The van der Waals surface area contributed by atoms with Crippen LogP contribution in [0.1, 0.15) is 20.8 Å². The van der Waals surface area contributed by atoms with Crippen molar-refractivity contribution in [2.45, 2.75) is 26.8 Å². The van der Waals surface area contributed by atoms with Gasteiger partial charge in [-0.25, -0.2) is 4.98 Å². The fraction of sp³-hybridized carbons (Fsp3) is 0.455. The third-order valence-electron chi connectivity index (χ3n) is 2.59. The van der Waals surface area contributed by atoms with Crippen LogP contribution < -0.4 is 10.6 Å². The van der Waals surface area contributed by atoms with E-state index in [1.54, 1.807) is 23.3 Å². The molecular weight excluding hydrogens is 230 g/mol. The van der Waals surface area contributed by atoms with Crippen molar-refractivity contribution in [2.75, 3.05) is 17.2 Å². The smallest absolute Gasteiger partial charge is 0.241 e. The lowest BCUT2D eigenvalue weighted by molar-refractivity contribution is 0.676. The molecule has 0 aliphatic rings. The van der Waals surface area contributed by atoms with E-state index in [1.165, 1.54) is 0 Å². The van der Waals surface area contributed by atoms with Crippen molar-refractivity contribution in [3.63, 3.8) is 0 Å². The Bertz CT molecular complexity index is 506. The second-order valence-corrected chi connectivity index (χ2v) is 4.14. The quantitative estimate of drug-likeness (QED) is 0.863. The number of hydrogen-bond donors (Lipinski definition) is 1.